The molecular weight excluding hydrogens is 520 g/mol. The van der Waals surface area contributed by atoms with Crippen molar-refractivity contribution in [2.75, 3.05) is 53.6 Å². The normalized spacial score (nSPS) is 16.0. The predicted molar refractivity (Wildman–Crippen MR) is 140 cm³/mol. The van der Waals surface area contributed by atoms with Crippen LogP contribution in [0.2, 0.25) is 5.02 Å². The number of rotatable bonds is 12. The number of hydrogen-bond acceptors (Lipinski definition) is 6. The first-order valence-electron chi connectivity index (χ1n) is 11.8. The Hall–Kier alpha value is -1.51. The zero-order valence-electron chi connectivity index (χ0n) is 20.3. The molecule has 2 aromatic carbocycles. The predicted octanol–water partition coefficient (Wildman–Crippen LogP) is 5.09. The van der Waals surface area contributed by atoms with E-state index in [1.807, 2.05) is 25.2 Å². The maximum Gasteiger partial charge on any atom is 0.161 e. The number of benzene rings is 2. The Morgan fingerprint density at radius 1 is 1.15 bits per heavy atom. The third-order valence-electron chi connectivity index (χ3n) is 6.08. The Labute approximate surface area is 216 Å². The highest BCUT2D eigenvalue weighted by Crippen LogP contribution is 2.29. The lowest BCUT2D eigenvalue weighted by Crippen LogP contribution is -2.35. The van der Waals surface area contributed by atoms with Gasteiger partial charge in [0, 0.05) is 24.1 Å². The minimum absolute atomic E-state index is 0.199. The smallest absolute Gasteiger partial charge is 0.161 e. The summed E-state index contributed by atoms with van der Waals surface area (Å²) in [6.45, 7) is 7.57. The molecule has 0 bridgehead atoms. The van der Waals surface area contributed by atoms with Crippen molar-refractivity contribution in [2.24, 2.45) is 5.92 Å². The lowest BCUT2D eigenvalue weighted by atomic mass is 9.99. The van der Waals surface area contributed by atoms with Gasteiger partial charge in [-0.1, -0.05) is 24.6 Å². The van der Waals surface area contributed by atoms with Crippen molar-refractivity contribution in [1.29, 1.82) is 0 Å². The number of methoxy groups -OCH3 is 1. The second-order valence-corrected chi connectivity index (χ2v) is 10.4. The van der Waals surface area contributed by atoms with Crippen LogP contribution in [0, 0.1) is 5.92 Å². The fourth-order valence-corrected chi connectivity index (χ4v) is 4.52. The van der Waals surface area contributed by atoms with Gasteiger partial charge in [0.05, 0.1) is 12.1 Å². The number of hydrogen-bond donors (Lipinski definition) is 1. The molecule has 1 saturated heterocycles. The minimum atomic E-state index is -0.623. The molecule has 188 valence electrons. The van der Waals surface area contributed by atoms with Crippen molar-refractivity contribution >= 4 is 27.5 Å². The van der Waals surface area contributed by atoms with Crippen LogP contribution >= 0.6 is 27.5 Å². The van der Waals surface area contributed by atoms with Crippen LogP contribution in [0.15, 0.2) is 40.9 Å². The third kappa shape index (κ3) is 8.61. The standard InChI is InChI=1S/C26H36BrClN2O4/c1-19-8-10-30(11-9-19)12-13-33-25-7-4-20(14-26(25)32-3)16-29(2)17-21(31)18-34-22-5-6-24(28)23(27)15-22/h4-7,14-15,19,21,31H,8-13,16-18H2,1-3H3. The Balaban J connectivity index is 1.43. The van der Waals surface area contributed by atoms with Crippen molar-refractivity contribution in [3.05, 3.63) is 51.5 Å². The highest BCUT2D eigenvalue weighted by Gasteiger charge is 2.16. The summed E-state index contributed by atoms with van der Waals surface area (Å²) in [6.07, 6.45) is 1.91. The molecule has 8 heteroatoms. The van der Waals surface area contributed by atoms with Gasteiger partial charge in [-0.05, 0) is 90.7 Å². The van der Waals surface area contributed by atoms with E-state index in [1.54, 1.807) is 25.3 Å². The molecule has 1 atom stereocenters. The van der Waals surface area contributed by atoms with Gasteiger partial charge in [0.15, 0.2) is 11.5 Å². The largest absolute Gasteiger partial charge is 0.493 e. The number of nitrogens with zero attached hydrogens (tertiary/aromatic N) is 2. The highest BCUT2D eigenvalue weighted by atomic mass is 79.9. The van der Waals surface area contributed by atoms with Crippen molar-refractivity contribution in [3.63, 3.8) is 0 Å². The van der Waals surface area contributed by atoms with Crippen LogP contribution in [0.5, 0.6) is 17.2 Å². The van der Waals surface area contributed by atoms with Crippen molar-refractivity contribution in [3.8, 4) is 17.2 Å². The van der Waals surface area contributed by atoms with Crippen LogP contribution in [0.25, 0.3) is 0 Å². The number of halogens is 2. The molecule has 0 radical (unpaired) electrons. The van der Waals surface area contributed by atoms with Crippen LogP contribution in [0.4, 0.5) is 0 Å². The van der Waals surface area contributed by atoms with E-state index in [9.17, 15) is 5.11 Å². The summed E-state index contributed by atoms with van der Waals surface area (Å²) in [7, 11) is 3.64. The third-order valence-corrected chi connectivity index (χ3v) is 7.29. The summed E-state index contributed by atoms with van der Waals surface area (Å²) in [5.41, 5.74) is 1.09. The molecule has 1 N–H and O–H groups in total. The Morgan fingerprint density at radius 3 is 2.62 bits per heavy atom. The van der Waals surface area contributed by atoms with Crippen molar-refractivity contribution in [1.82, 2.24) is 9.80 Å². The van der Waals surface area contributed by atoms with E-state index in [0.29, 0.717) is 30.5 Å². The van der Waals surface area contributed by atoms with Crippen molar-refractivity contribution < 1.29 is 19.3 Å². The summed E-state index contributed by atoms with van der Waals surface area (Å²) in [4.78, 5) is 4.52. The molecule has 0 aromatic heterocycles. The second-order valence-electron chi connectivity index (χ2n) is 9.10. The summed E-state index contributed by atoms with van der Waals surface area (Å²) >= 11 is 9.38. The molecule has 34 heavy (non-hydrogen) atoms. The number of piperidine rings is 1. The molecule has 0 spiro atoms. The summed E-state index contributed by atoms with van der Waals surface area (Å²) in [5, 5.41) is 11.0. The number of likely N-dealkylation sites (N-methyl/N-ethyl adjacent to an activating group) is 1. The van der Waals surface area contributed by atoms with Crippen LogP contribution in [0.1, 0.15) is 25.3 Å². The lowest BCUT2D eigenvalue weighted by Gasteiger charge is -2.30. The average molecular weight is 556 g/mol. The van der Waals surface area contributed by atoms with E-state index in [0.717, 1.165) is 47.1 Å². The number of ether oxygens (including phenoxy) is 3. The molecule has 1 aliphatic heterocycles. The van der Waals surface area contributed by atoms with Gasteiger partial charge < -0.3 is 19.3 Å². The molecule has 1 unspecified atom stereocenters. The van der Waals surface area contributed by atoms with E-state index in [1.165, 1.54) is 12.8 Å². The number of likely N-dealkylation sites (tertiary alicyclic amines) is 1. The number of aliphatic hydroxyl groups excluding tert-OH is 1. The van der Waals surface area contributed by atoms with Gasteiger partial charge in [0.2, 0.25) is 0 Å². The van der Waals surface area contributed by atoms with Gasteiger partial charge in [-0.3, -0.25) is 9.80 Å². The molecule has 0 saturated carbocycles. The zero-order chi connectivity index (χ0) is 24.5. The summed E-state index contributed by atoms with van der Waals surface area (Å²) < 4.78 is 18.0. The maximum atomic E-state index is 10.4. The van der Waals surface area contributed by atoms with E-state index < -0.39 is 6.10 Å². The molecule has 0 aliphatic carbocycles. The first kappa shape index (κ1) is 27.1. The summed E-state index contributed by atoms with van der Waals surface area (Å²) in [5.74, 6) is 2.99. The Bertz CT molecular complexity index is 908. The number of aliphatic hydroxyl groups is 1. The van der Waals surface area contributed by atoms with E-state index in [-0.39, 0.29) is 6.61 Å². The molecule has 6 nitrogen and oxygen atoms in total. The molecule has 1 aliphatic rings. The SMILES string of the molecule is COc1cc(CN(C)CC(O)COc2ccc(Cl)c(Br)c2)ccc1OCCN1CCC(C)CC1. The topological polar surface area (TPSA) is 54.4 Å². The van der Waals surface area contributed by atoms with Gasteiger partial charge in [-0.2, -0.15) is 0 Å². The van der Waals surface area contributed by atoms with Crippen LogP contribution < -0.4 is 14.2 Å². The fourth-order valence-electron chi connectivity index (χ4n) is 4.05. The molecule has 2 aromatic rings. The molecular formula is C26H36BrClN2O4. The van der Waals surface area contributed by atoms with Gasteiger partial charge in [0.1, 0.15) is 25.1 Å². The highest BCUT2D eigenvalue weighted by molar-refractivity contribution is 9.10. The van der Waals surface area contributed by atoms with E-state index in [4.69, 9.17) is 25.8 Å². The Morgan fingerprint density at radius 2 is 1.91 bits per heavy atom. The van der Waals surface area contributed by atoms with Gasteiger partial charge in [-0.25, -0.2) is 0 Å². The molecule has 1 fully saturated rings. The van der Waals surface area contributed by atoms with Gasteiger partial charge in [-0.15, -0.1) is 0 Å². The van der Waals surface area contributed by atoms with E-state index >= 15 is 0 Å². The van der Waals surface area contributed by atoms with Crippen LogP contribution in [-0.4, -0.2) is 74.6 Å². The van der Waals surface area contributed by atoms with Gasteiger partial charge >= 0.3 is 0 Å². The monoisotopic (exact) mass is 554 g/mol. The first-order chi connectivity index (χ1) is 16.3. The maximum absolute atomic E-state index is 10.4. The second kappa shape index (κ2) is 13.5. The van der Waals surface area contributed by atoms with Crippen molar-refractivity contribution in [2.45, 2.75) is 32.4 Å². The summed E-state index contributed by atoms with van der Waals surface area (Å²) in [6, 6.07) is 11.4. The van der Waals surface area contributed by atoms with Crippen LogP contribution in [0.3, 0.4) is 0 Å². The molecule has 3 rings (SSSR count). The quantitative estimate of drug-likeness (QED) is 0.394. The first-order valence-corrected chi connectivity index (χ1v) is 13.0. The van der Waals surface area contributed by atoms with E-state index in [2.05, 4.69) is 32.7 Å². The van der Waals surface area contributed by atoms with Crippen LogP contribution in [-0.2, 0) is 6.54 Å². The lowest BCUT2D eigenvalue weighted by molar-refractivity contribution is 0.0743. The Kier molecular flexibility index (Phi) is 10.8. The minimum Gasteiger partial charge on any atom is -0.493 e. The van der Waals surface area contributed by atoms with Gasteiger partial charge in [0.25, 0.3) is 0 Å². The zero-order valence-corrected chi connectivity index (χ0v) is 22.6. The molecule has 1 heterocycles. The molecule has 0 amide bonds. The average Bonchev–Trinajstić information content (AvgIpc) is 2.81. The fraction of sp³-hybridized carbons (Fsp3) is 0.538.